The molecule has 0 aliphatic heterocycles. The molecule has 0 fully saturated rings. The Kier molecular flexibility index (Phi) is 9.10. The number of benzene rings is 3. The fraction of sp³-hybridized carbons (Fsp3) is 0.217. The van der Waals surface area contributed by atoms with Crippen LogP contribution >= 0.6 is 12.6 Å². The first-order chi connectivity index (χ1) is 12.0. The molecule has 0 bridgehead atoms. The summed E-state index contributed by atoms with van der Waals surface area (Å²) in [4.78, 5) is 1.88. The standard InChI is InChI=1S/C13H10S2.C8H10.C2H6.W/c1-7-2-8-3-10(14)4-9-5-11(15)6-12(7)13(8)9;1-7-5-3-4-6-8(7)2;1-2;/h3-6,14-15H,1-2H2;3-6H,1-2H3;1-2H3;/p-1. The zero-order chi connectivity index (χ0) is 18.6. The van der Waals surface area contributed by atoms with Crippen LogP contribution in [-0.4, -0.2) is 0 Å². The average molecular weight is 549 g/mol. The molecule has 0 heterocycles. The third-order valence-electron chi connectivity index (χ3n) is 4.30. The zero-order valence-corrected chi connectivity index (χ0v) is 20.4. The number of thiol groups is 1. The molecule has 3 aromatic rings. The van der Waals surface area contributed by atoms with Gasteiger partial charge in [-0.25, -0.2) is 0 Å². The average Bonchev–Trinajstić information content (AvgIpc) is 2.89. The summed E-state index contributed by atoms with van der Waals surface area (Å²) in [5.41, 5.74) is 6.45. The van der Waals surface area contributed by atoms with E-state index in [0.29, 0.717) is 0 Å². The molecule has 0 radical (unpaired) electrons. The van der Waals surface area contributed by atoms with Crippen LogP contribution in [0.3, 0.4) is 0 Å². The Hall–Kier alpha value is -1.08. The smallest absolute Gasteiger partial charge is 0.00492 e. The minimum atomic E-state index is 0. The quantitative estimate of drug-likeness (QED) is 0.235. The number of hydrogen-bond donors (Lipinski definition) is 1. The second-order valence-electron chi connectivity index (χ2n) is 6.04. The fourth-order valence-electron chi connectivity index (χ4n) is 2.97. The van der Waals surface area contributed by atoms with Crippen molar-refractivity contribution in [2.75, 3.05) is 0 Å². The Balaban J connectivity index is 0.000000264. The van der Waals surface area contributed by atoms with Crippen LogP contribution < -0.4 is 0 Å². The van der Waals surface area contributed by atoms with Gasteiger partial charge in [0.1, 0.15) is 0 Å². The topological polar surface area (TPSA) is 0 Å². The van der Waals surface area contributed by atoms with Crippen molar-refractivity contribution >= 4 is 41.6 Å². The summed E-state index contributed by atoms with van der Waals surface area (Å²) in [6.45, 7) is 12.3. The molecule has 136 valence electrons. The maximum Gasteiger partial charge on any atom is 0.00492 e. The second-order valence-corrected chi connectivity index (χ2v) is 7.03. The molecule has 0 saturated carbocycles. The van der Waals surface area contributed by atoms with Gasteiger partial charge >= 0.3 is 0 Å². The summed E-state index contributed by atoms with van der Waals surface area (Å²) in [5, 5.41) is 2.50. The van der Waals surface area contributed by atoms with Crippen molar-refractivity contribution in [2.45, 2.75) is 43.9 Å². The predicted molar refractivity (Wildman–Crippen MR) is 117 cm³/mol. The van der Waals surface area contributed by atoms with Crippen molar-refractivity contribution in [3.63, 3.8) is 0 Å². The molecule has 0 N–H and O–H groups in total. The minimum Gasteiger partial charge on any atom is -0.780 e. The van der Waals surface area contributed by atoms with Crippen LogP contribution in [0.15, 0.2) is 64.9 Å². The van der Waals surface area contributed by atoms with Crippen LogP contribution in [0, 0.1) is 13.8 Å². The van der Waals surface area contributed by atoms with Crippen LogP contribution in [0.2, 0.25) is 0 Å². The van der Waals surface area contributed by atoms with Gasteiger partial charge in [-0.15, -0.1) is 12.6 Å². The maximum atomic E-state index is 5.25. The first-order valence-corrected chi connectivity index (χ1v) is 9.48. The van der Waals surface area contributed by atoms with Gasteiger partial charge in [0, 0.05) is 26.0 Å². The molecule has 4 rings (SSSR count). The Morgan fingerprint density at radius 1 is 0.962 bits per heavy atom. The Morgan fingerprint density at radius 2 is 1.54 bits per heavy atom. The molecule has 0 amide bonds. The molecule has 1 aliphatic carbocycles. The summed E-state index contributed by atoms with van der Waals surface area (Å²) in [6, 6.07) is 16.6. The third kappa shape index (κ3) is 5.22. The fourth-order valence-corrected chi connectivity index (χ4v) is 3.51. The summed E-state index contributed by atoms with van der Waals surface area (Å²) >= 11 is 9.65. The second kappa shape index (κ2) is 10.3. The molecule has 0 spiro atoms. The van der Waals surface area contributed by atoms with E-state index in [1.807, 2.05) is 19.9 Å². The van der Waals surface area contributed by atoms with E-state index < -0.39 is 0 Å². The number of aryl methyl sites for hydroxylation is 2. The first kappa shape index (κ1) is 23.0. The summed E-state index contributed by atoms with van der Waals surface area (Å²) < 4.78 is 0. The molecular weight excluding hydrogens is 524 g/mol. The molecule has 0 saturated heterocycles. The summed E-state index contributed by atoms with van der Waals surface area (Å²) in [5.74, 6) is 0. The molecular formula is C23H25S2W-. The largest absolute Gasteiger partial charge is 0.780 e. The van der Waals surface area contributed by atoms with Crippen molar-refractivity contribution in [2.24, 2.45) is 0 Å². The van der Waals surface area contributed by atoms with Crippen LogP contribution in [0.4, 0.5) is 0 Å². The molecule has 0 atom stereocenters. The first-order valence-electron chi connectivity index (χ1n) is 8.63. The van der Waals surface area contributed by atoms with E-state index in [9.17, 15) is 0 Å². The Morgan fingerprint density at radius 3 is 2.08 bits per heavy atom. The van der Waals surface area contributed by atoms with E-state index in [2.05, 4.69) is 75.5 Å². The van der Waals surface area contributed by atoms with Crippen LogP contribution in [0.25, 0.3) is 16.3 Å². The van der Waals surface area contributed by atoms with Gasteiger partial charge in [-0.3, -0.25) is 0 Å². The van der Waals surface area contributed by atoms with E-state index in [4.69, 9.17) is 12.6 Å². The van der Waals surface area contributed by atoms with E-state index in [-0.39, 0.29) is 21.1 Å². The van der Waals surface area contributed by atoms with Crippen LogP contribution in [0.1, 0.15) is 36.1 Å². The van der Waals surface area contributed by atoms with Gasteiger partial charge in [-0.1, -0.05) is 56.8 Å². The maximum absolute atomic E-state index is 5.25. The molecule has 0 nitrogen and oxygen atoms in total. The molecule has 1 aliphatic rings. The molecule has 26 heavy (non-hydrogen) atoms. The van der Waals surface area contributed by atoms with Gasteiger partial charge in [0.25, 0.3) is 0 Å². The van der Waals surface area contributed by atoms with Crippen molar-refractivity contribution in [1.82, 2.24) is 0 Å². The van der Waals surface area contributed by atoms with E-state index in [0.717, 1.165) is 16.2 Å². The number of rotatable bonds is 0. The van der Waals surface area contributed by atoms with E-state index in [1.54, 1.807) is 0 Å². The predicted octanol–water partition coefficient (Wildman–Crippen LogP) is 6.93. The van der Waals surface area contributed by atoms with E-state index >= 15 is 0 Å². The van der Waals surface area contributed by atoms with Crippen LogP contribution in [-0.2, 0) is 40.1 Å². The van der Waals surface area contributed by atoms with Gasteiger partial charge in [-0.05, 0) is 71.0 Å². The monoisotopic (exact) mass is 549 g/mol. The van der Waals surface area contributed by atoms with Crippen molar-refractivity contribution in [1.29, 1.82) is 0 Å². The Labute approximate surface area is 183 Å². The van der Waals surface area contributed by atoms with Crippen molar-refractivity contribution in [3.8, 4) is 0 Å². The van der Waals surface area contributed by atoms with Crippen LogP contribution in [0.5, 0.6) is 0 Å². The summed E-state index contributed by atoms with van der Waals surface area (Å²) in [6.07, 6.45) is 0.930. The molecule has 0 aromatic heterocycles. The normalized spacial score (nSPS) is 11.0. The van der Waals surface area contributed by atoms with Gasteiger partial charge in [0.2, 0.25) is 0 Å². The molecule has 3 aromatic carbocycles. The number of allylic oxidation sites excluding steroid dienone is 1. The van der Waals surface area contributed by atoms with Crippen molar-refractivity contribution < 1.29 is 21.1 Å². The van der Waals surface area contributed by atoms with Crippen molar-refractivity contribution in [3.05, 3.63) is 77.4 Å². The minimum absolute atomic E-state index is 0. The number of hydrogen-bond acceptors (Lipinski definition) is 2. The van der Waals surface area contributed by atoms with Gasteiger partial charge in [0.15, 0.2) is 0 Å². The Bertz CT molecular complexity index is 887. The van der Waals surface area contributed by atoms with Gasteiger partial charge in [0.05, 0.1) is 0 Å². The molecule has 0 unspecified atom stereocenters. The SMILES string of the molecule is C=C1Cc2cc(S)cc3cc([S-])cc1c23.CC.Cc1ccccc1C.[W]. The van der Waals surface area contributed by atoms with Gasteiger partial charge in [-0.2, -0.15) is 4.90 Å². The summed E-state index contributed by atoms with van der Waals surface area (Å²) in [7, 11) is 0. The van der Waals surface area contributed by atoms with Gasteiger partial charge < -0.3 is 12.6 Å². The van der Waals surface area contributed by atoms with E-state index in [1.165, 1.54) is 38.6 Å². The third-order valence-corrected chi connectivity index (χ3v) is 4.79. The molecule has 3 heteroatoms. The zero-order valence-electron chi connectivity index (χ0n) is 15.8.